The van der Waals surface area contributed by atoms with Crippen molar-refractivity contribution in [3.8, 4) is 46.2 Å². The van der Waals surface area contributed by atoms with E-state index in [4.69, 9.17) is 35.5 Å². The Morgan fingerprint density at radius 2 is 1.50 bits per heavy atom. The van der Waals surface area contributed by atoms with E-state index in [1.807, 2.05) is 48.5 Å². The van der Waals surface area contributed by atoms with Gasteiger partial charge >= 0.3 is 0 Å². The summed E-state index contributed by atoms with van der Waals surface area (Å²) in [7, 11) is 6.34. The fourth-order valence-electron chi connectivity index (χ4n) is 3.39. The van der Waals surface area contributed by atoms with Gasteiger partial charge in [-0.25, -0.2) is 4.98 Å². The number of nitrogens with zero attached hydrogens (tertiary/aromatic N) is 1. The van der Waals surface area contributed by atoms with Crippen LogP contribution in [-0.4, -0.2) is 38.4 Å². The molecule has 0 atom stereocenters. The van der Waals surface area contributed by atoms with Crippen molar-refractivity contribution in [2.75, 3.05) is 28.4 Å². The molecule has 0 saturated heterocycles. The molecule has 4 aromatic rings. The average molecular weight is 449 g/mol. The monoisotopic (exact) mass is 448 g/mol. The number of methoxy groups -OCH3 is 4. The van der Waals surface area contributed by atoms with Crippen molar-refractivity contribution < 1.29 is 18.9 Å². The summed E-state index contributed by atoms with van der Waals surface area (Å²) < 4.78 is 22.0. The van der Waals surface area contributed by atoms with Crippen molar-refractivity contribution in [3.05, 3.63) is 64.7 Å². The van der Waals surface area contributed by atoms with Crippen LogP contribution in [0.25, 0.3) is 22.4 Å². The zero-order valence-corrected chi connectivity index (χ0v) is 18.8. The maximum atomic E-state index is 5.95. The van der Waals surface area contributed by atoms with Crippen LogP contribution in [0.4, 0.5) is 0 Å². The lowest BCUT2D eigenvalue weighted by atomic mass is 10.1. The zero-order chi connectivity index (χ0) is 22.7. The lowest BCUT2D eigenvalue weighted by Gasteiger charge is -2.14. The molecular weight excluding hydrogens is 428 g/mol. The molecule has 7 heteroatoms. The summed E-state index contributed by atoms with van der Waals surface area (Å²) in [6.07, 6.45) is 0. The summed E-state index contributed by atoms with van der Waals surface area (Å²) in [6.45, 7) is 0. The molecule has 0 aliphatic carbocycles. The minimum Gasteiger partial charge on any atom is -0.495 e. The lowest BCUT2D eigenvalue weighted by molar-refractivity contribution is 0.325. The Bertz CT molecular complexity index is 1330. The molecule has 162 valence electrons. The van der Waals surface area contributed by atoms with Crippen molar-refractivity contribution in [1.82, 2.24) is 9.97 Å². The van der Waals surface area contributed by atoms with Crippen LogP contribution in [-0.2, 0) is 0 Å². The Morgan fingerprint density at radius 3 is 2.16 bits per heavy atom. The van der Waals surface area contributed by atoms with Gasteiger partial charge in [0, 0.05) is 16.7 Å². The smallest absolute Gasteiger partial charge is 0.204 e. The third-order valence-electron chi connectivity index (χ3n) is 4.95. The molecule has 4 rings (SSSR count). The molecular formula is C25H21ClN2O4. The van der Waals surface area contributed by atoms with Gasteiger partial charge in [-0.3, -0.25) is 0 Å². The molecule has 0 bridgehead atoms. The number of hydrogen-bond acceptors (Lipinski definition) is 5. The van der Waals surface area contributed by atoms with Crippen LogP contribution >= 0.6 is 11.6 Å². The van der Waals surface area contributed by atoms with Crippen molar-refractivity contribution >= 4 is 22.6 Å². The first-order valence-corrected chi connectivity index (χ1v) is 10.1. The van der Waals surface area contributed by atoms with Gasteiger partial charge in [0.2, 0.25) is 5.75 Å². The quantitative estimate of drug-likeness (QED) is 0.419. The number of hydrogen-bond donors (Lipinski definition) is 1. The predicted molar refractivity (Wildman–Crippen MR) is 125 cm³/mol. The minimum absolute atomic E-state index is 0.500. The molecule has 0 aliphatic rings. The number of nitrogens with one attached hydrogen (secondary N) is 1. The number of aromatic amines is 1. The van der Waals surface area contributed by atoms with Crippen molar-refractivity contribution in [2.45, 2.75) is 0 Å². The van der Waals surface area contributed by atoms with Crippen molar-refractivity contribution in [2.24, 2.45) is 0 Å². The van der Waals surface area contributed by atoms with Crippen LogP contribution in [0, 0.1) is 11.8 Å². The summed E-state index contributed by atoms with van der Waals surface area (Å²) >= 11 is 5.95. The van der Waals surface area contributed by atoms with Gasteiger partial charge in [0.1, 0.15) is 11.6 Å². The molecule has 0 radical (unpaired) electrons. The van der Waals surface area contributed by atoms with E-state index in [1.165, 1.54) is 0 Å². The summed E-state index contributed by atoms with van der Waals surface area (Å²) in [5, 5.41) is 0.671. The highest BCUT2D eigenvalue weighted by molar-refractivity contribution is 6.30. The van der Waals surface area contributed by atoms with E-state index in [1.54, 1.807) is 28.4 Å². The second-order valence-corrected chi connectivity index (χ2v) is 7.23. The number of rotatable bonds is 5. The number of H-pyrrole nitrogens is 1. The molecule has 0 saturated carbocycles. The van der Waals surface area contributed by atoms with Crippen LogP contribution in [0.15, 0.2) is 48.5 Å². The molecule has 1 N–H and O–H groups in total. The average Bonchev–Trinajstić information content (AvgIpc) is 3.24. The molecule has 1 aromatic heterocycles. The Labute approximate surface area is 191 Å². The molecule has 3 aromatic carbocycles. The van der Waals surface area contributed by atoms with Gasteiger partial charge in [-0.1, -0.05) is 23.4 Å². The molecule has 6 nitrogen and oxygen atoms in total. The Kier molecular flexibility index (Phi) is 6.11. The van der Waals surface area contributed by atoms with Crippen LogP contribution < -0.4 is 18.9 Å². The van der Waals surface area contributed by atoms with Gasteiger partial charge in [0.25, 0.3) is 0 Å². The van der Waals surface area contributed by atoms with Gasteiger partial charge in [0.05, 0.1) is 50.6 Å². The van der Waals surface area contributed by atoms with Crippen molar-refractivity contribution in [3.63, 3.8) is 0 Å². The van der Waals surface area contributed by atoms with E-state index in [0.717, 1.165) is 27.7 Å². The summed E-state index contributed by atoms with van der Waals surface area (Å²) in [6, 6.07) is 14.8. The Balaban J connectivity index is 1.80. The second-order valence-electron chi connectivity index (χ2n) is 6.79. The van der Waals surface area contributed by atoms with Gasteiger partial charge < -0.3 is 23.9 Å². The van der Waals surface area contributed by atoms with E-state index in [0.29, 0.717) is 33.8 Å². The number of fused-ring (bicyclic) bond motifs is 1. The highest BCUT2D eigenvalue weighted by Gasteiger charge is 2.19. The molecule has 32 heavy (non-hydrogen) atoms. The molecule has 0 fully saturated rings. The van der Waals surface area contributed by atoms with Gasteiger partial charge in [-0.2, -0.15) is 0 Å². The first-order chi connectivity index (χ1) is 15.6. The summed E-state index contributed by atoms with van der Waals surface area (Å²) in [5.74, 6) is 9.17. The fourth-order valence-corrected chi connectivity index (χ4v) is 3.52. The molecule has 0 unspecified atom stereocenters. The number of aromatic nitrogens is 2. The zero-order valence-electron chi connectivity index (χ0n) is 18.1. The number of halogens is 1. The van der Waals surface area contributed by atoms with E-state index in [2.05, 4.69) is 16.8 Å². The normalized spacial score (nSPS) is 10.4. The molecule has 0 aliphatic heterocycles. The predicted octanol–water partition coefficient (Wildman–Crippen LogP) is 5.32. The van der Waals surface area contributed by atoms with Gasteiger partial charge in [-0.05, 0) is 42.5 Å². The third kappa shape index (κ3) is 4.03. The third-order valence-corrected chi connectivity index (χ3v) is 5.20. The summed E-state index contributed by atoms with van der Waals surface area (Å²) in [5.41, 5.74) is 3.90. The number of ether oxygens (including phenoxy) is 4. The Morgan fingerprint density at radius 1 is 0.781 bits per heavy atom. The topological polar surface area (TPSA) is 65.6 Å². The summed E-state index contributed by atoms with van der Waals surface area (Å²) in [4.78, 5) is 8.07. The van der Waals surface area contributed by atoms with E-state index >= 15 is 0 Å². The number of benzene rings is 3. The van der Waals surface area contributed by atoms with E-state index in [9.17, 15) is 0 Å². The largest absolute Gasteiger partial charge is 0.495 e. The number of imidazole rings is 1. The SMILES string of the molecule is COc1cc2nc(-c3ccc(OC)c(OC)c3OC)[nH]c2cc1C#Cc1ccc(Cl)cc1. The van der Waals surface area contributed by atoms with Crippen LogP contribution in [0.3, 0.4) is 0 Å². The molecule has 1 heterocycles. The second kappa shape index (κ2) is 9.13. The van der Waals surface area contributed by atoms with Crippen LogP contribution in [0.5, 0.6) is 23.0 Å². The minimum atomic E-state index is 0.500. The molecule has 0 spiro atoms. The first kappa shape index (κ1) is 21.4. The van der Waals surface area contributed by atoms with E-state index in [-0.39, 0.29) is 0 Å². The highest BCUT2D eigenvalue weighted by Crippen LogP contribution is 2.44. The maximum absolute atomic E-state index is 5.95. The van der Waals surface area contributed by atoms with Crippen LogP contribution in [0.1, 0.15) is 11.1 Å². The standard InChI is InChI=1S/C25H21ClN2O4/c1-29-21-12-11-18(23(31-3)24(21)32-4)25-27-19-13-16(22(30-2)14-20(19)28-25)8-5-15-6-9-17(26)10-7-15/h6-7,9-14H,1-4H3,(H,27,28). The maximum Gasteiger partial charge on any atom is 0.204 e. The van der Waals surface area contributed by atoms with Gasteiger partial charge in [0.15, 0.2) is 11.5 Å². The van der Waals surface area contributed by atoms with Crippen LogP contribution in [0.2, 0.25) is 5.02 Å². The van der Waals surface area contributed by atoms with Gasteiger partial charge in [-0.15, -0.1) is 0 Å². The lowest BCUT2D eigenvalue weighted by Crippen LogP contribution is -1.97. The molecule has 0 amide bonds. The highest BCUT2D eigenvalue weighted by atomic mass is 35.5. The van der Waals surface area contributed by atoms with Crippen molar-refractivity contribution in [1.29, 1.82) is 0 Å². The van der Waals surface area contributed by atoms with E-state index < -0.39 is 0 Å². The Hall–Kier alpha value is -3.82. The first-order valence-electron chi connectivity index (χ1n) is 9.72. The fraction of sp³-hybridized carbons (Fsp3) is 0.160.